The summed E-state index contributed by atoms with van der Waals surface area (Å²) in [5.41, 5.74) is 1.62. The number of morpholine rings is 1. The number of carbonyl (C=O) groups is 2. The Balaban J connectivity index is 1.35. The van der Waals surface area contributed by atoms with Crippen molar-refractivity contribution in [2.75, 3.05) is 32.8 Å². The normalized spacial score (nSPS) is 19.9. The van der Waals surface area contributed by atoms with Crippen LogP contribution >= 0.6 is 11.3 Å². The van der Waals surface area contributed by atoms with Crippen LogP contribution in [0, 0.1) is 0 Å². The number of nitrogens with zero attached hydrogens (tertiary/aromatic N) is 3. The molecule has 1 amide bonds. The Labute approximate surface area is 192 Å². The summed E-state index contributed by atoms with van der Waals surface area (Å²) in [7, 11) is 0. The van der Waals surface area contributed by atoms with Gasteiger partial charge in [0.1, 0.15) is 5.69 Å². The van der Waals surface area contributed by atoms with Crippen molar-refractivity contribution < 1.29 is 18.7 Å². The van der Waals surface area contributed by atoms with Gasteiger partial charge >= 0.3 is 0 Å². The molecular formula is C24H30FN3O3S. The number of ether oxygens (including phenoxy) is 1. The number of benzene rings is 1. The first-order valence-electron chi connectivity index (χ1n) is 11.2. The molecule has 0 N–H and O–H groups in total. The van der Waals surface area contributed by atoms with Gasteiger partial charge in [-0.15, -0.1) is 11.3 Å². The highest BCUT2D eigenvalue weighted by Gasteiger charge is 2.41. The fourth-order valence-electron chi connectivity index (χ4n) is 4.45. The van der Waals surface area contributed by atoms with Gasteiger partial charge < -0.3 is 9.64 Å². The van der Waals surface area contributed by atoms with Gasteiger partial charge in [-0.2, -0.15) is 0 Å². The Hall–Kier alpha value is -2.16. The first kappa shape index (κ1) is 23.0. The molecule has 2 aliphatic rings. The summed E-state index contributed by atoms with van der Waals surface area (Å²) in [6, 6.07) is 7.16. The number of rotatable bonds is 6. The van der Waals surface area contributed by atoms with E-state index in [9.17, 15) is 14.0 Å². The van der Waals surface area contributed by atoms with E-state index >= 15 is 0 Å². The molecule has 0 radical (unpaired) electrons. The molecule has 0 aliphatic carbocycles. The third-order valence-electron chi connectivity index (χ3n) is 6.33. The molecule has 2 fully saturated rings. The van der Waals surface area contributed by atoms with E-state index in [1.165, 1.54) is 0 Å². The number of hydrogen-bond acceptors (Lipinski definition) is 6. The standard InChI is InChI=1S/C24H30FN3O3S/c1-17(2)22-26-21(15-32-22)23(30)28-10-11-31-24(16-28)6-8-27(9-7-24)13-18-4-3-5-19(12-18)20(25)14-29/h3-5,12,14-15,17,20H,6-11,13,16H2,1-2H3. The first-order valence-corrected chi connectivity index (χ1v) is 12.1. The van der Waals surface area contributed by atoms with Crippen LogP contribution < -0.4 is 0 Å². The van der Waals surface area contributed by atoms with Crippen molar-refractivity contribution in [3.05, 3.63) is 51.5 Å². The van der Waals surface area contributed by atoms with Crippen LogP contribution in [0.3, 0.4) is 0 Å². The predicted molar refractivity (Wildman–Crippen MR) is 122 cm³/mol. The zero-order valence-electron chi connectivity index (χ0n) is 18.6. The molecule has 1 atom stereocenters. The van der Waals surface area contributed by atoms with Crippen LogP contribution in [0.4, 0.5) is 4.39 Å². The fraction of sp³-hybridized carbons (Fsp3) is 0.542. The van der Waals surface area contributed by atoms with Gasteiger partial charge in [0.15, 0.2) is 12.5 Å². The highest BCUT2D eigenvalue weighted by atomic mass is 32.1. The van der Waals surface area contributed by atoms with Crippen LogP contribution in [0.1, 0.15) is 65.4 Å². The largest absolute Gasteiger partial charge is 0.371 e. The Morgan fingerprint density at radius 3 is 2.78 bits per heavy atom. The van der Waals surface area contributed by atoms with Crippen LogP contribution in [0.5, 0.6) is 0 Å². The van der Waals surface area contributed by atoms with E-state index < -0.39 is 6.17 Å². The molecule has 6 nitrogen and oxygen atoms in total. The lowest BCUT2D eigenvalue weighted by atomic mass is 9.89. The summed E-state index contributed by atoms with van der Waals surface area (Å²) in [5.74, 6) is 0.308. The second-order valence-corrected chi connectivity index (χ2v) is 9.93. The van der Waals surface area contributed by atoms with E-state index in [2.05, 4.69) is 23.7 Å². The molecular weight excluding hydrogens is 429 g/mol. The molecule has 2 saturated heterocycles. The number of carbonyl (C=O) groups excluding carboxylic acids is 2. The zero-order valence-corrected chi connectivity index (χ0v) is 19.4. The van der Waals surface area contributed by atoms with Crippen molar-refractivity contribution in [3.8, 4) is 0 Å². The smallest absolute Gasteiger partial charge is 0.273 e. The minimum absolute atomic E-state index is 0.00831. The first-order chi connectivity index (χ1) is 15.4. The summed E-state index contributed by atoms with van der Waals surface area (Å²) < 4.78 is 19.9. The van der Waals surface area contributed by atoms with Gasteiger partial charge in [0.2, 0.25) is 0 Å². The Bertz CT molecular complexity index is 955. The molecule has 0 bridgehead atoms. The molecule has 0 saturated carbocycles. The van der Waals surface area contributed by atoms with Gasteiger partial charge in [0.25, 0.3) is 5.91 Å². The topological polar surface area (TPSA) is 62.7 Å². The minimum Gasteiger partial charge on any atom is -0.371 e. The fourth-order valence-corrected chi connectivity index (χ4v) is 5.26. The summed E-state index contributed by atoms with van der Waals surface area (Å²) in [6.07, 6.45) is 0.426. The van der Waals surface area contributed by atoms with Crippen LogP contribution in [0.15, 0.2) is 29.6 Å². The van der Waals surface area contributed by atoms with Gasteiger partial charge in [-0.1, -0.05) is 38.1 Å². The van der Waals surface area contributed by atoms with Crippen molar-refractivity contribution in [1.82, 2.24) is 14.8 Å². The molecule has 1 spiro atoms. The molecule has 2 aliphatic heterocycles. The zero-order chi connectivity index (χ0) is 22.7. The number of halogens is 1. The lowest BCUT2D eigenvalue weighted by Crippen LogP contribution is -2.58. The Morgan fingerprint density at radius 2 is 2.09 bits per heavy atom. The minimum atomic E-state index is -1.58. The lowest BCUT2D eigenvalue weighted by molar-refractivity contribution is -0.128. The summed E-state index contributed by atoms with van der Waals surface area (Å²) in [4.78, 5) is 32.5. The lowest BCUT2D eigenvalue weighted by Gasteiger charge is -2.47. The molecule has 32 heavy (non-hydrogen) atoms. The highest BCUT2D eigenvalue weighted by molar-refractivity contribution is 7.09. The monoisotopic (exact) mass is 459 g/mol. The Morgan fingerprint density at radius 1 is 1.31 bits per heavy atom. The average molecular weight is 460 g/mol. The average Bonchev–Trinajstić information content (AvgIpc) is 3.31. The summed E-state index contributed by atoms with van der Waals surface area (Å²) >= 11 is 1.54. The van der Waals surface area contributed by atoms with Crippen molar-refractivity contribution in [2.45, 2.75) is 50.9 Å². The molecule has 1 aromatic heterocycles. The van der Waals surface area contributed by atoms with Gasteiger partial charge in [-0.25, -0.2) is 9.37 Å². The third-order valence-corrected chi connectivity index (χ3v) is 7.48. The second kappa shape index (κ2) is 9.77. The number of thiazole rings is 1. The number of aromatic nitrogens is 1. The number of amides is 1. The maximum atomic E-state index is 13.7. The predicted octanol–water partition coefficient (Wildman–Crippen LogP) is 3.98. The highest BCUT2D eigenvalue weighted by Crippen LogP contribution is 2.32. The second-order valence-electron chi connectivity index (χ2n) is 9.04. The number of aldehydes is 1. The van der Waals surface area contributed by atoms with E-state index in [4.69, 9.17) is 4.74 Å². The quantitative estimate of drug-likeness (QED) is 0.612. The number of piperidine rings is 1. The molecule has 1 aromatic carbocycles. The van der Waals surface area contributed by atoms with Gasteiger partial charge in [-0.3, -0.25) is 14.5 Å². The van der Waals surface area contributed by atoms with Gasteiger partial charge in [0.05, 0.1) is 23.8 Å². The molecule has 4 rings (SSSR count). The maximum Gasteiger partial charge on any atom is 0.273 e. The maximum absolute atomic E-state index is 13.7. The van der Waals surface area contributed by atoms with E-state index in [1.807, 2.05) is 16.3 Å². The van der Waals surface area contributed by atoms with Crippen LogP contribution in [-0.2, 0) is 16.1 Å². The van der Waals surface area contributed by atoms with Crippen molar-refractivity contribution in [1.29, 1.82) is 0 Å². The van der Waals surface area contributed by atoms with Crippen molar-refractivity contribution >= 4 is 23.5 Å². The van der Waals surface area contributed by atoms with E-state index in [0.717, 1.165) is 36.5 Å². The van der Waals surface area contributed by atoms with Crippen molar-refractivity contribution in [2.24, 2.45) is 0 Å². The van der Waals surface area contributed by atoms with Gasteiger partial charge in [0, 0.05) is 37.5 Å². The van der Waals surface area contributed by atoms with E-state index in [0.29, 0.717) is 49.7 Å². The van der Waals surface area contributed by atoms with Crippen LogP contribution in [-0.4, -0.2) is 65.4 Å². The van der Waals surface area contributed by atoms with Crippen molar-refractivity contribution in [3.63, 3.8) is 0 Å². The third kappa shape index (κ3) is 5.08. The summed E-state index contributed by atoms with van der Waals surface area (Å²) in [5, 5.41) is 2.85. The molecule has 1 unspecified atom stereocenters. The Kier molecular flexibility index (Phi) is 7.02. The molecule has 2 aromatic rings. The number of alkyl halides is 1. The SMILES string of the molecule is CC(C)c1nc(C(=O)N2CCOC3(CCN(Cc4cccc(C(F)C=O)c4)CC3)C2)cs1. The molecule has 8 heteroatoms. The molecule has 3 heterocycles. The number of likely N-dealkylation sites (tertiary alicyclic amines) is 1. The van der Waals surface area contributed by atoms with Crippen LogP contribution in [0.2, 0.25) is 0 Å². The van der Waals surface area contributed by atoms with E-state index in [-0.39, 0.29) is 11.5 Å². The van der Waals surface area contributed by atoms with E-state index in [1.54, 1.807) is 29.5 Å². The van der Waals surface area contributed by atoms with Crippen LogP contribution in [0.25, 0.3) is 0 Å². The summed E-state index contributed by atoms with van der Waals surface area (Å²) in [6.45, 7) is 8.27. The number of hydrogen-bond donors (Lipinski definition) is 0. The molecule has 172 valence electrons. The van der Waals surface area contributed by atoms with Gasteiger partial charge in [-0.05, 0) is 24.0 Å².